The Labute approximate surface area is 194 Å². The van der Waals surface area contributed by atoms with Crippen LogP contribution in [0.2, 0.25) is 0 Å². The van der Waals surface area contributed by atoms with Gasteiger partial charge in [-0.1, -0.05) is 32.4 Å². The quantitative estimate of drug-likeness (QED) is 0.476. The highest BCUT2D eigenvalue weighted by Crippen LogP contribution is 2.25. The molecule has 1 aromatic rings. The summed E-state index contributed by atoms with van der Waals surface area (Å²) in [5, 5.41) is 15.0. The van der Waals surface area contributed by atoms with Crippen LogP contribution in [0.5, 0.6) is 5.75 Å². The first kappa shape index (κ1) is 27.7. The van der Waals surface area contributed by atoms with Gasteiger partial charge in [0.2, 0.25) is 11.8 Å². The molecule has 1 aromatic carbocycles. The highest BCUT2D eigenvalue weighted by Gasteiger charge is 2.36. The van der Waals surface area contributed by atoms with E-state index in [-0.39, 0.29) is 11.7 Å². The zero-order chi connectivity index (χ0) is 25.3. The van der Waals surface area contributed by atoms with Crippen LogP contribution < -0.4 is 10.6 Å². The summed E-state index contributed by atoms with van der Waals surface area (Å²) in [6, 6.07) is 3.75. The van der Waals surface area contributed by atoms with Crippen molar-refractivity contribution in [1.82, 2.24) is 15.5 Å². The van der Waals surface area contributed by atoms with Crippen molar-refractivity contribution in [3.05, 3.63) is 29.8 Å². The number of aromatic hydroxyl groups is 1. The SMILES string of the molecule is CCC(C)C(NC(=O)OC(C)(C)C)C(=O)N(C)C(C(=O)NCC(=O)OC)c1cccc(O)c1. The lowest BCUT2D eigenvalue weighted by molar-refractivity contribution is -0.144. The number of carbonyl (C=O) groups excluding carboxylic acids is 4. The van der Waals surface area contributed by atoms with Crippen LogP contribution in [0.15, 0.2) is 24.3 Å². The first-order chi connectivity index (χ1) is 15.3. The second-order valence-electron chi connectivity index (χ2n) is 8.75. The molecule has 0 aliphatic heterocycles. The Kier molecular flexibility index (Phi) is 10.2. The number of hydrogen-bond acceptors (Lipinski definition) is 7. The number of nitrogens with zero attached hydrogens (tertiary/aromatic N) is 1. The summed E-state index contributed by atoms with van der Waals surface area (Å²) in [6.07, 6.45) is -0.177. The first-order valence-corrected chi connectivity index (χ1v) is 10.7. The molecule has 0 radical (unpaired) electrons. The molecule has 0 heterocycles. The van der Waals surface area contributed by atoms with Crippen LogP contribution in [0.1, 0.15) is 52.6 Å². The molecule has 33 heavy (non-hydrogen) atoms. The monoisotopic (exact) mass is 465 g/mol. The highest BCUT2D eigenvalue weighted by atomic mass is 16.6. The van der Waals surface area contributed by atoms with E-state index in [0.29, 0.717) is 12.0 Å². The van der Waals surface area contributed by atoms with Gasteiger partial charge in [0, 0.05) is 7.05 Å². The van der Waals surface area contributed by atoms with Crippen LogP contribution in [0.4, 0.5) is 4.79 Å². The van der Waals surface area contributed by atoms with Crippen LogP contribution in [0.3, 0.4) is 0 Å². The van der Waals surface area contributed by atoms with Crippen molar-refractivity contribution in [1.29, 1.82) is 0 Å². The maximum Gasteiger partial charge on any atom is 0.408 e. The van der Waals surface area contributed by atoms with Crippen molar-refractivity contribution in [3.63, 3.8) is 0 Å². The molecule has 0 bridgehead atoms. The van der Waals surface area contributed by atoms with Gasteiger partial charge in [-0.2, -0.15) is 0 Å². The number of amides is 3. The number of rotatable bonds is 9. The number of nitrogens with one attached hydrogen (secondary N) is 2. The summed E-state index contributed by atoms with van der Waals surface area (Å²) in [7, 11) is 2.61. The van der Waals surface area contributed by atoms with Crippen molar-refractivity contribution in [2.24, 2.45) is 5.92 Å². The summed E-state index contributed by atoms with van der Waals surface area (Å²) in [5.74, 6) is -2.20. The van der Waals surface area contributed by atoms with E-state index in [2.05, 4.69) is 15.4 Å². The lowest BCUT2D eigenvalue weighted by atomic mass is 9.96. The number of alkyl carbamates (subject to hydrolysis) is 1. The fourth-order valence-electron chi connectivity index (χ4n) is 3.04. The third-order valence-corrected chi connectivity index (χ3v) is 4.96. The predicted molar refractivity (Wildman–Crippen MR) is 121 cm³/mol. The largest absolute Gasteiger partial charge is 0.508 e. The van der Waals surface area contributed by atoms with Crippen LogP contribution in [-0.4, -0.2) is 66.2 Å². The topological polar surface area (TPSA) is 134 Å². The normalized spacial score (nSPS) is 13.8. The number of phenolic OH excluding ortho intramolecular Hbond substituents is 1. The van der Waals surface area contributed by atoms with E-state index in [4.69, 9.17) is 4.74 Å². The summed E-state index contributed by atoms with van der Waals surface area (Å²) in [5.41, 5.74) is -0.426. The molecule has 10 nitrogen and oxygen atoms in total. The minimum absolute atomic E-state index is 0.0931. The Hall–Kier alpha value is -3.30. The predicted octanol–water partition coefficient (Wildman–Crippen LogP) is 2.12. The van der Waals surface area contributed by atoms with E-state index in [1.165, 1.54) is 37.3 Å². The third-order valence-electron chi connectivity index (χ3n) is 4.96. The molecule has 0 saturated heterocycles. The molecule has 3 unspecified atom stereocenters. The molecule has 0 aromatic heterocycles. The van der Waals surface area contributed by atoms with E-state index in [9.17, 15) is 24.3 Å². The molecule has 0 aliphatic carbocycles. The van der Waals surface area contributed by atoms with Crippen LogP contribution in [0.25, 0.3) is 0 Å². The summed E-state index contributed by atoms with van der Waals surface area (Å²) in [6.45, 7) is 8.41. The molecule has 0 saturated carbocycles. The molecule has 0 spiro atoms. The molecule has 0 fully saturated rings. The first-order valence-electron chi connectivity index (χ1n) is 10.7. The lowest BCUT2D eigenvalue weighted by Gasteiger charge is -2.33. The van der Waals surface area contributed by atoms with E-state index >= 15 is 0 Å². The smallest absolute Gasteiger partial charge is 0.408 e. The maximum atomic E-state index is 13.5. The van der Waals surface area contributed by atoms with Gasteiger partial charge in [-0.25, -0.2) is 4.79 Å². The van der Waals surface area contributed by atoms with Gasteiger partial charge in [0.1, 0.15) is 30.0 Å². The van der Waals surface area contributed by atoms with Crippen molar-refractivity contribution >= 4 is 23.9 Å². The molecule has 3 atom stereocenters. The van der Waals surface area contributed by atoms with Crippen molar-refractivity contribution < 1.29 is 33.8 Å². The van der Waals surface area contributed by atoms with Crippen LogP contribution in [-0.2, 0) is 23.9 Å². The summed E-state index contributed by atoms with van der Waals surface area (Å²) < 4.78 is 9.84. The number of esters is 1. The van der Waals surface area contributed by atoms with E-state index in [0.717, 1.165) is 0 Å². The number of ether oxygens (including phenoxy) is 2. The van der Waals surface area contributed by atoms with Gasteiger partial charge in [0.05, 0.1) is 7.11 Å². The van der Waals surface area contributed by atoms with Gasteiger partial charge in [0.25, 0.3) is 0 Å². The van der Waals surface area contributed by atoms with Crippen molar-refractivity contribution in [3.8, 4) is 5.75 Å². The van der Waals surface area contributed by atoms with Crippen LogP contribution in [0, 0.1) is 5.92 Å². The van der Waals surface area contributed by atoms with Crippen molar-refractivity contribution in [2.45, 2.75) is 58.7 Å². The van der Waals surface area contributed by atoms with E-state index < -0.39 is 48.1 Å². The van der Waals surface area contributed by atoms with Crippen LogP contribution >= 0.6 is 0 Å². The Bertz CT molecular complexity index is 851. The number of carbonyl (C=O) groups is 4. The maximum absolute atomic E-state index is 13.5. The highest BCUT2D eigenvalue weighted by molar-refractivity contribution is 5.93. The van der Waals surface area contributed by atoms with Crippen molar-refractivity contribution in [2.75, 3.05) is 20.7 Å². The number of likely N-dealkylation sites (N-methyl/N-ethyl adjacent to an activating group) is 1. The van der Waals surface area contributed by atoms with E-state index in [1.54, 1.807) is 33.8 Å². The second kappa shape index (κ2) is 12.1. The zero-order valence-electron chi connectivity index (χ0n) is 20.3. The molecular formula is C23H35N3O7. The lowest BCUT2D eigenvalue weighted by Crippen LogP contribution is -2.54. The Morgan fingerprint density at radius 2 is 1.82 bits per heavy atom. The molecule has 3 amide bonds. The minimum atomic E-state index is -1.18. The fraction of sp³-hybridized carbons (Fsp3) is 0.565. The van der Waals surface area contributed by atoms with E-state index in [1.807, 2.05) is 6.92 Å². The third kappa shape index (κ3) is 8.63. The molecule has 3 N–H and O–H groups in total. The zero-order valence-corrected chi connectivity index (χ0v) is 20.3. The average Bonchev–Trinajstić information content (AvgIpc) is 2.73. The Morgan fingerprint density at radius 1 is 1.18 bits per heavy atom. The van der Waals surface area contributed by atoms with Gasteiger partial charge in [0.15, 0.2) is 0 Å². The molecular weight excluding hydrogens is 430 g/mol. The molecule has 10 heteroatoms. The fourth-order valence-corrected chi connectivity index (χ4v) is 3.04. The van der Waals surface area contributed by atoms with Gasteiger partial charge in [-0.05, 0) is 44.4 Å². The second-order valence-corrected chi connectivity index (χ2v) is 8.75. The average molecular weight is 466 g/mol. The summed E-state index contributed by atoms with van der Waals surface area (Å²) >= 11 is 0. The minimum Gasteiger partial charge on any atom is -0.508 e. The summed E-state index contributed by atoms with van der Waals surface area (Å²) in [4.78, 5) is 51.5. The number of benzene rings is 1. The van der Waals surface area contributed by atoms with Gasteiger partial charge in [-0.15, -0.1) is 0 Å². The number of methoxy groups -OCH3 is 1. The molecule has 0 aliphatic rings. The number of phenols is 1. The van der Waals surface area contributed by atoms with Gasteiger partial charge in [-0.3, -0.25) is 14.4 Å². The molecule has 1 rings (SSSR count). The Morgan fingerprint density at radius 3 is 2.33 bits per heavy atom. The van der Waals surface area contributed by atoms with Gasteiger partial charge >= 0.3 is 12.1 Å². The standard InChI is InChI=1S/C23H35N3O7/c1-8-14(2)18(25-22(31)33-23(3,4)5)21(30)26(6)19(15-10-9-11-16(27)12-15)20(29)24-13-17(28)32-7/h9-12,14,18-19,27H,8,13H2,1-7H3,(H,24,29)(H,25,31). The molecule has 184 valence electrons. The number of hydrogen-bond donors (Lipinski definition) is 3. The van der Waals surface area contributed by atoms with Gasteiger partial charge < -0.3 is 30.1 Å². The Balaban J connectivity index is 3.26.